The minimum atomic E-state index is -4.31. The van der Waals surface area contributed by atoms with E-state index >= 15 is 0 Å². The molecule has 0 aliphatic heterocycles. The van der Waals surface area contributed by atoms with Gasteiger partial charge in [0, 0.05) is 30.6 Å². The number of carbonyl (C=O) groups excluding carboxylic acids is 2. The molecule has 0 bridgehead atoms. The van der Waals surface area contributed by atoms with E-state index in [-0.39, 0.29) is 35.2 Å². The number of methoxy groups -OCH3 is 2. The molecule has 248 valence electrons. The maximum atomic E-state index is 14.6. The number of amides is 2. The Labute approximate surface area is 282 Å². The van der Waals surface area contributed by atoms with Crippen molar-refractivity contribution in [1.82, 2.24) is 10.2 Å². The van der Waals surface area contributed by atoms with Gasteiger partial charge in [-0.3, -0.25) is 13.9 Å². The van der Waals surface area contributed by atoms with Crippen LogP contribution in [0.2, 0.25) is 5.02 Å². The molecule has 2 amide bonds. The molecule has 1 N–H and O–H groups in total. The quantitative estimate of drug-likeness (QED) is 0.144. The summed E-state index contributed by atoms with van der Waals surface area (Å²) in [6.45, 7) is 1.84. The summed E-state index contributed by atoms with van der Waals surface area (Å²) in [6.07, 6.45) is 1.85. The molecule has 1 unspecified atom stereocenters. The van der Waals surface area contributed by atoms with Gasteiger partial charge in [-0.1, -0.05) is 85.6 Å². The molecular formula is C36H40ClN3O6S. The topological polar surface area (TPSA) is 105 Å². The average Bonchev–Trinajstić information content (AvgIpc) is 3.09. The van der Waals surface area contributed by atoms with Crippen LogP contribution in [0.5, 0.6) is 11.5 Å². The van der Waals surface area contributed by atoms with Crippen molar-refractivity contribution >= 4 is 39.1 Å². The Morgan fingerprint density at radius 2 is 1.53 bits per heavy atom. The van der Waals surface area contributed by atoms with Gasteiger partial charge in [0.1, 0.15) is 24.1 Å². The first-order chi connectivity index (χ1) is 22.7. The van der Waals surface area contributed by atoms with Gasteiger partial charge in [-0.05, 0) is 53.9 Å². The molecule has 11 heteroatoms. The highest BCUT2D eigenvalue weighted by atomic mass is 35.5. The fourth-order valence-electron chi connectivity index (χ4n) is 5.12. The molecule has 0 aliphatic rings. The summed E-state index contributed by atoms with van der Waals surface area (Å²) in [5.74, 6) is -0.345. The zero-order valence-corrected chi connectivity index (χ0v) is 28.3. The number of benzene rings is 4. The van der Waals surface area contributed by atoms with E-state index in [0.717, 1.165) is 22.7 Å². The lowest BCUT2D eigenvalue weighted by atomic mass is 10.0. The number of nitrogens with one attached hydrogen (secondary N) is 1. The van der Waals surface area contributed by atoms with Gasteiger partial charge in [0.15, 0.2) is 0 Å². The Morgan fingerprint density at radius 1 is 0.851 bits per heavy atom. The number of rotatable bonds is 16. The van der Waals surface area contributed by atoms with Crippen molar-refractivity contribution in [2.45, 2.75) is 43.7 Å². The second-order valence-corrected chi connectivity index (χ2v) is 13.2. The van der Waals surface area contributed by atoms with Crippen LogP contribution in [0.4, 0.5) is 5.69 Å². The Balaban J connectivity index is 1.84. The molecule has 4 rings (SSSR count). The predicted octanol–water partition coefficient (Wildman–Crippen LogP) is 6.11. The molecule has 0 fully saturated rings. The zero-order chi connectivity index (χ0) is 33.8. The van der Waals surface area contributed by atoms with E-state index in [1.807, 2.05) is 43.3 Å². The van der Waals surface area contributed by atoms with E-state index < -0.39 is 28.5 Å². The zero-order valence-electron chi connectivity index (χ0n) is 26.8. The van der Waals surface area contributed by atoms with Crippen molar-refractivity contribution < 1.29 is 27.5 Å². The minimum absolute atomic E-state index is 0.00651. The number of sulfonamides is 1. The molecule has 0 saturated heterocycles. The molecule has 0 heterocycles. The molecule has 47 heavy (non-hydrogen) atoms. The van der Waals surface area contributed by atoms with E-state index in [9.17, 15) is 18.0 Å². The van der Waals surface area contributed by atoms with Crippen molar-refractivity contribution in [3.05, 3.63) is 119 Å². The van der Waals surface area contributed by atoms with Crippen molar-refractivity contribution in [2.24, 2.45) is 0 Å². The van der Waals surface area contributed by atoms with Crippen LogP contribution in [0.15, 0.2) is 108 Å². The third-order valence-corrected chi connectivity index (χ3v) is 9.62. The highest BCUT2D eigenvalue weighted by Gasteiger charge is 2.35. The third-order valence-electron chi connectivity index (χ3n) is 7.61. The molecule has 4 aromatic rings. The molecule has 9 nitrogen and oxygen atoms in total. The lowest BCUT2D eigenvalue weighted by Gasteiger charge is -2.34. The van der Waals surface area contributed by atoms with Gasteiger partial charge in [0.05, 0.1) is 24.8 Å². The van der Waals surface area contributed by atoms with Crippen molar-refractivity contribution in [2.75, 3.05) is 31.6 Å². The number of halogens is 1. The van der Waals surface area contributed by atoms with Crippen LogP contribution >= 0.6 is 11.6 Å². The van der Waals surface area contributed by atoms with Crippen molar-refractivity contribution in [1.29, 1.82) is 0 Å². The molecule has 4 aromatic carbocycles. The number of nitrogens with zero attached hydrogens (tertiary/aromatic N) is 2. The van der Waals surface area contributed by atoms with Crippen LogP contribution in [0.3, 0.4) is 0 Å². The van der Waals surface area contributed by atoms with Gasteiger partial charge in [-0.2, -0.15) is 0 Å². The third kappa shape index (κ3) is 9.27. The first-order valence-electron chi connectivity index (χ1n) is 15.3. The summed E-state index contributed by atoms with van der Waals surface area (Å²) in [6, 6.07) is 28.0. The minimum Gasteiger partial charge on any atom is -0.497 e. The number of ether oxygens (including phenoxy) is 2. The second-order valence-electron chi connectivity index (χ2n) is 10.9. The molecule has 0 radical (unpaired) electrons. The maximum Gasteiger partial charge on any atom is 0.264 e. The van der Waals surface area contributed by atoms with E-state index in [1.165, 1.54) is 37.3 Å². The normalized spacial score (nSPS) is 11.7. The van der Waals surface area contributed by atoms with Crippen LogP contribution < -0.4 is 19.1 Å². The first kappa shape index (κ1) is 35.3. The van der Waals surface area contributed by atoms with E-state index in [0.29, 0.717) is 22.9 Å². The lowest BCUT2D eigenvalue weighted by molar-refractivity contribution is -0.140. The van der Waals surface area contributed by atoms with Crippen LogP contribution in [-0.4, -0.2) is 58.5 Å². The van der Waals surface area contributed by atoms with Crippen molar-refractivity contribution in [3.63, 3.8) is 0 Å². The first-order valence-corrected chi connectivity index (χ1v) is 17.1. The Bertz CT molecular complexity index is 1740. The molecule has 0 aromatic heterocycles. The standard InChI is InChI=1S/C36H40ClN3O6S/c1-4-5-21-38-36(42)33(23-27-13-8-6-9-14-27)39(25-28-15-12-16-29(37)22-28)35(41)26-40(47(43,44)31-17-10-7-11-18-31)32-24-30(45-2)19-20-34(32)46-3/h6-20,22,24,33H,4-5,21,23,25-26H2,1-3H3,(H,38,42). The summed E-state index contributed by atoms with van der Waals surface area (Å²) in [7, 11) is -1.43. The Morgan fingerprint density at radius 3 is 2.17 bits per heavy atom. The van der Waals surface area contributed by atoms with Gasteiger partial charge in [-0.15, -0.1) is 0 Å². The predicted molar refractivity (Wildman–Crippen MR) is 184 cm³/mol. The lowest BCUT2D eigenvalue weighted by Crippen LogP contribution is -2.53. The summed E-state index contributed by atoms with van der Waals surface area (Å²) >= 11 is 6.32. The SMILES string of the molecule is CCCCNC(=O)C(Cc1ccccc1)N(Cc1cccc(Cl)c1)C(=O)CN(c1cc(OC)ccc1OC)S(=O)(=O)c1ccccc1. The number of anilines is 1. The summed E-state index contributed by atoms with van der Waals surface area (Å²) in [5, 5.41) is 3.45. The van der Waals surface area contributed by atoms with E-state index in [2.05, 4.69) is 5.32 Å². The molecule has 0 saturated carbocycles. The van der Waals surface area contributed by atoms with Gasteiger partial charge >= 0.3 is 0 Å². The number of unbranched alkanes of at least 4 members (excludes halogenated alkanes) is 1. The number of hydrogen-bond donors (Lipinski definition) is 1. The van der Waals surface area contributed by atoms with Crippen molar-refractivity contribution in [3.8, 4) is 11.5 Å². The van der Waals surface area contributed by atoms with E-state index in [4.69, 9.17) is 21.1 Å². The van der Waals surface area contributed by atoms with Gasteiger partial charge in [-0.25, -0.2) is 8.42 Å². The summed E-state index contributed by atoms with van der Waals surface area (Å²) < 4.78 is 40.6. The second kappa shape index (κ2) is 16.9. The average molecular weight is 678 g/mol. The van der Waals surface area contributed by atoms with E-state index in [1.54, 1.807) is 48.5 Å². The monoisotopic (exact) mass is 677 g/mol. The molecule has 1 atom stereocenters. The Kier molecular flexibility index (Phi) is 12.7. The summed E-state index contributed by atoms with van der Waals surface area (Å²) in [4.78, 5) is 29.9. The molecule has 0 spiro atoms. The van der Waals surface area contributed by atoms with Crippen LogP contribution in [0, 0.1) is 0 Å². The van der Waals surface area contributed by atoms with Gasteiger partial charge in [0.25, 0.3) is 10.0 Å². The summed E-state index contributed by atoms with van der Waals surface area (Å²) in [5.41, 5.74) is 1.63. The smallest absolute Gasteiger partial charge is 0.264 e. The van der Waals surface area contributed by atoms with Crippen LogP contribution in [-0.2, 0) is 32.6 Å². The van der Waals surface area contributed by atoms with Crippen LogP contribution in [0.1, 0.15) is 30.9 Å². The fraction of sp³-hybridized carbons (Fsp3) is 0.278. The Hall–Kier alpha value is -4.54. The maximum absolute atomic E-state index is 14.6. The largest absolute Gasteiger partial charge is 0.497 e. The fourth-order valence-corrected chi connectivity index (χ4v) is 6.77. The van der Waals surface area contributed by atoms with Gasteiger partial charge in [0.2, 0.25) is 11.8 Å². The number of hydrogen-bond acceptors (Lipinski definition) is 6. The molecular weight excluding hydrogens is 638 g/mol. The van der Waals surface area contributed by atoms with Crippen LogP contribution in [0.25, 0.3) is 0 Å². The molecule has 0 aliphatic carbocycles. The highest BCUT2D eigenvalue weighted by molar-refractivity contribution is 7.92. The van der Waals surface area contributed by atoms with Gasteiger partial charge < -0.3 is 19.7 Å². The highest BCUT2D eigenvalue weighted by Crippen LogP contribution is 2.36. The number of carbonyl (C=O) groups is 2.